The van der Waals surface area contributed by atoms with Crippen LogP contribution in [0.5, 0.6) is 0 Å². The first-order valence-electron chi connectivity index (χ1n) is 8.23. The van der Waals surface area contributed by atoms with E-state index in [1.807, 2.05) is 0 Å². The molecule has 0 aliphatic heterocycles. The second-order valence-electron chi connectivity index (χ2n) is 7.44. The molecule has 1 unspecified atom stereocenters. The van der Waals surface area contributed by atoms with Crippen LogP contribution in [0.3, 0.4) is 0 Å². The summed E-state index contributed by atoms with van der Waals surface area (Å²) in [6.45, 7) is 6.46. The minimum atomic E-state index is -0.300. The first-order valence-corrected chi connectivity index (χ1v) is 8.23. The van der Waals surface area contributed by atoms with Crippen LogP contribution in [0.15, 0.2) is 16.9 Å². The van der Waals surface area contributed by atoms with Crippen LogP contribution in [0.1, 0.15) is 69.8 Å². The lowest BCUT2D eigenvalue weighted by molar-refractivity contribution is 0.0875. The van der Waals surface area contributed by atoms with Crippen LogP contribution in [-0.4, -0.2) is 22.1 Å². The van der Waals surface area contributed by atoms with E-state index in [1.165, 1.54) is 44.2 Å². The van der Waals surface area contributed by atoms with Gasteiger partial charge in [-0.1, -0.05) is 52.9 Å². The van der Waals surface area contributed by atoms with Crippen molar-refractivity contribution in [1.29, 1.82) is 0 Å². The van der Waals surface area contributed by atoms with Crippen molar-refractivity contribution >= 4 is 5.91 Å². The molecule has 0 saturated heterocycles. The van der Waals surface area contributed by atoms with E-state index < -0.39 is 0 Å². The van der Waals surface area contributed by atoms with E-state index in [4.69, 9.17) is 0 Å². The van der Waals surface area contributed by atoms with Gasteiger partial charge in [0.1, 0.15) is 5.69 Å². The minimum Gasteiger partial charge on any atom is -0.347 e. The summed E-state index contributed by atoms with van der Waals surface area (Å²) in [6.07, 6.45) is 7.48. The van der Waals surface area contributed by atoms with Crippen LogP contribution >= 0.6 is 0 Å². The van der Waals surface area contributed by atoms with Gasteiger partial charge in [0.2, 0.25) is 0 Å². The second kappa shape index (κ2) is 7.07. The Labute approximate surface area is 131 Å². The summed E-state index contributed by atoms with van der Waals surface area (Å²) in [4.78, 5) is 23.4. The zero-order valence-corrected chi connectivity index (χ0v) is 13.8. The van der Waals surface area contributed by atoms with Crippen molar-refractivity contribution in [3.63, 3.8) is 0 Å². The standard InChI is InChI=1S/C17H27N3O2/c1-17(2,3)14(11-12-7-5-4-6-8-12)18-16(22)13-9-10-15(21)20-19-13/h9-10,12,14H,4-8,11H2,1-3H3,(H,18,22)(H,20,21). The number of hydrogen-bond donors (Lipinski definition) is 2. The molecule has 1 aliphatic carbocycles. The van der Waals surface area contributed by atoms with Crippen molar-refractivity contribution in [2.75, 3.05) is 0 Å². The van der Waals surface area contributed by atoms with Crippen LogP contribution in [0.2, 0.25) is 0 Å². The maximum absolute atomic E-state index is 12.4. The fourth-order valence-electron chi connectivity index (χ4n) is 3.09. The van der Waals surface area contributed by atoms with E-state index in [2.05, 4.69) is 36.3 Å². The SMILES string of the molecule is CC(C)(C)C(CC1CCCCC1)NC(=O)c1ccc(=O)[nH]n1. The van der Waals surface area contributed by atoms with Gasteiger partial charge in [0.25, 0.3) is 11.5 Å². The summed E-state index contributed by atoms with van der Waals surface area (Å²) in [5, 5.41) is 9.23. The van der Waals surface area contributed by atoms with Gasteiger partial charge in [-0.25, -0.2) is 5.10 Å². The monoisotopic (exact) mass is 305 g/mol. The molecule has 0 aromatic carbocycles. The zero-order valence-electron chi connectivity index (χ0n) is 13.8. The molecule has 1 aromatic heterocycles. The van der Waals surface area contributed by atoms with E-state index in [0.29, 0.717) is 5.92 Å². The fraction of sp³-hybridized carbons (Fsp3) is 0.706. The van der Waals surface area contributed by atoms with Gasteiger partial charge in [0.05, 0.1) is 0 Å². The quantitative estimate of drug-likeness (QED) is 0.898. The van der Waals surface area contributed by atoms with Gasteiger partial charge in [0.15, 0.2) is 0 Å². The maximum Gasteiger partial charge on any atom is 0.271 e. The van der Waals surface area contributed by atoms with Gasteiger partial charge in [-0.2, -0.15) is 5.10 Å². The molecule has 5 heteroatoms. The van der Waals surface area contributed by atoms with Crippen LogP contribution < -0.4 is 10.9 Å². The van der Waals surface area contributed by atoms with Gasteiger partial charge in [-0.3, -0.25) is 9.59 Å². The van der Waals surface area contributed by atoms with Crippen molar-refractivity contribution in [2.24, 2.45) is 11.3 Å². The molecule has 2 rings (SSSR count). The molecular weight excluding hydrogens is 278 g/mol. The molecule has 5 nitrogen and oxygen atoms in total. The first-order chi connectivity index (χ1) is 10.4. The van der Waals surface area contributed by atoms with Gasteiger partial charge < -0.3 is 5.32 Å². The molecule has 1 saturated carbocycles. The third-order valence-corrected chi connectivity index (χ3v) is 4.56. The number of carbonyl (C=O) groups excluding carboxylic acids is 1. The highest BCUT2D eigenvalue weighted by molar-refractivity contribution is 5.92. The lowest BCUT2D eigenvalue weighted by atomic mass is 9.77. The Balaban J connectivity index is 2.04. The Morgan fingerprint density at radius 2 is 2.00 bits per heavy atom. The topological polar surface area (TPSA) is 74.8 Å². The van der Waals surface area contributed by atoms with Crippen molar-refractivity contribution in [1.82, 2.24) is 15.5 Å². The molecule has 1 amide bonds. The van der Waals surface area contributed by atoms with Gasteiger partial charge in [-0.05, 0) is 23.8 Å². The van der Waals surface area contributed by atoms with Crippen molar-refractivity contribution in [3.05, 3.63) is 28.2 Å². The molecule has 1 atom stereocenters. The number of nitrogens with zero attached hydrogens (tertiary/aromatic N) is 1. The lowest BCUT2D eigenvalue weighted by Gasteiger charge is -2.35. The molecule has 1 aromatic rings. The van der Waals surface area contributed by atoms with Crippen LogP contribution in [0, 0.1) is 11.3 Å². The number of amides is 1. The van der Waals surface area contributed by atoms with Gasteiger partial charge in [-0.15, -0.1) is 0 Å². The van der Waals surface area contributed by atoms with Crippen molar-refractivity contribution < 1.29 is 4.79 Å². The minimum absolute atomic E-state index is 0.00467. The Hall–Kier alpha value is -1.65. The lowest BCUT2D eigenvalue weighted by Crippen LogP contribution is -2.45. The summed E-state index contributed by atoms with van der Waals surface area (Å²) >= 11 is 0. The molecule has 0 bridgehead atoms. The number of rotatable bonds is 4. The number of hydrogen-bond acceptors (Lipinski definition) is 3. The Morgan fingerprint density at radius 1 is 1.32 bits per heavy atom. The molecule has 0 spiro atoms. The molecule has 0 radical (unpaired) electrons. The molecule has 22 heavy (non-hydrogen) atoms. The van der Waals surface area contributed by atoms with E-state index in [0.717, 1.165) is 6.42 Å². The average Bonchev–Trinajstić information content (AvgIpc) is 2.47. The molecular formula is C17H27N3O2. The second-order valence-corrected chi connectivity index (χ2v) is 7.44. The highest BCUT2D eigenvalue weighted by Crippen LogP contribution is 2.32. The predicted octanol–water partition coefficient (Wildman–Crippen LogP) is 2.88. The van der Waals surface area contributed by atoms with E-state index in [-0.39, 0.29) is 28.6 Å². The normalized spacial score (nSPS) is 18.0. The molecule has 1 fully saturated rings. The average molecular weight is 305 g/mol. The Morgan fingerprint density at radius 3 is 2.55 bits per heavy atom. The van der Waals surface area contributed by atoms with Crippen molar-refractivity contribution in [3.8, 4) is 0 Å². The van der Waals surface area contributed by atoms with Gasteiger partial charge in [0, 0.05) is 12.1 Å². The number of carbonyl (C=O) groups is 1. The summed E-state index contributed by atoms with van der Waals surface area (Å²) < 4.78 is 0. The summed E-state index contributed by atoms with van der Waals surface area (Å²) in [5.74, 6) is 0.480. The smallest absolute Gasteiger partial charge is 0.271 e. The van der Waals surface area contributed by atoms with E-state index in [9.17, 15) is 9.59 Å². The third-order valence-electron chi connectivity index (χ3n) is 4.56. The summed E-state index contributed by atoms with van der Waals surface area (Å²) in [6, 6.07) is 2.90. The number of aromatic amines is 1. The predicted molar refractivity (Wildman–Crippen MR) is 86.8 cm³/mol. The molecule has 2 N–H and O–H groups in total. The Bertz CT molecular complexity index is 533. The largest absolute Gasteiger partial charge is 0.347 e. The molecule has 1 aliphatic rings. The van der Waals surface area contributed by atoms with Gasteiger partial charge >= 0.3 is 0 Å². The summed E-state index contributed by atoms with van der Waals surface area (Å²) in [5.41, 5.74) is -0.0430. The van der Waals surface area contributed by atoms with Crippen LogP contribution in [0.4, 0.5) is 0 Å². The van der Waals surface area contributed by atoms with Crippen molar-refractivity contribution in [2.45, 2.75) is 65.3 Å². The fourth-order valence-corrected chi connectivity index (χ4v) is 3.09. The first kappa shape index (κ1) is 16.7. The summed E-state index contributed by atoms with van der Waals surface area (Å²) in [7, 11) is 0. The number of nitrogens with one attached hydrogen (secondary N) is 2. The third kappa shape index (κ3) is 4.68. The Kier molecular flexibility index (Phi) is 5.37. The number of aromatic nitrogens is 2. The highest BCUT2D eigenvalue weighted by Gasteiger charge is 2.30. The van der Waals surface area contributed by atoms with E-state index in [1.54, 1.807) is 0 Å². The zero-order chi connectivity index (χ0) is 16.2. The van der Waals surface area contributed by atoms with E-state index >= 15 is 0 Å². The molecule has 122 valence electrons. The molecule has 1 heterocycles. The highest BCUT2D eigenvalue weighted by atomic mass is 16.2. The van der Waals surface area contributed by atoms with Crippen LogP contribution in [0.25, 0.3) is 0 Å². The number of H-pyrrole nitrogens is 1. The maximum atomic E-state index is 12.4. The van der Waals surface area contributed by atoms with Crippen LogP contribution in [-0.2, 0) is 0 Å².